The lowest BCUT2D eigenvalue weighted by Gasteiger charge is -2.20. The van der Waals surface area contributed by atoms with Gasteiger partial charge in [0.05, 0.1) is 12.3 Å². The van der Waals surface area contributed by atoms with E-state index in [9.17, 15) is 0 Å². The van der Waals surface area contributed by atoms with E-state index in [1.165, 1.54) is 0 Å². The molecule has 21 heavy (non-hydrogen) atoms. The van der Waals surface area contributed by atoms with Gasteiger partial charge in [0.25, 0.3) is 0 Å². The van der Waals surface area contributed by atoms with Crippen LogP contribution in [0.1, 0.15) is 29.8 Å². The number of hydrogen-bond acceptors (Lipinski definition) is 4. The molecule has 1 aliphatic rings. The Hall–Kier alpha value is -2.30. The number of aromatic nitrogens is 2. The Labute approximate surface area is 123 Å². The first-order chi connectivity index (χ1) is 10.3. The SMILES string of the molecule is Cc1nccn1CCOc1cccc2c1CCCC2=NO. The highest BCUT2D eigenvalue weighted by atomic mass is 16.5. The summed E-state index contributed by atoms with van der Waals surface area (Å²) in [6, 6.07) is 5.93. The first-order valence-corrected chi connectivity index (χ1v) is 7.23. The van der Waals surface area contributed by atoms with E-state index in [0.29, 0.717) is 6.61 Å². The van der Waals surface area contributed by atoms with E-state index in [1.54, 1.807) is 6.20 Å². The lowest BCUT2D eigenvalue weighted by Crippen LogP contribution is -2.15. The lowest BCUT2D eigenvalue weighted by atomic mass is 9.89. The topological polar surface area (TPSA) is 59.6 Å². The summed E-state index contributed by atoms with van der Waals surface area (Å²) < 4.78 is 8.01. The predicted molar refractivity (Wildman–Crippen MR) is 80.2 cm³/mol. The Morgan fingerprint density at radius 3 is 3.05 bits per heavy atom. The molecule has 0 bridgehead atoms. The molecule has 0 atom stereocenters. The molecule has 1 aromatic heterocycles. The fourth-order valence-electron chi connectivity index (χ4n) is 2.79. The van der Waals surface area contributed by atoms with Crippen LogP contribution in [0.4, 0.5) is 0 Å². The van der Waals surface area contributed by atoms with Crippen molar-refractivity contribution in [2.75, 3.05) is 6.61 Å². The molecule has 0 unspecified atom stereocenters. The van der Waals surface area contributed by atoms with Gasteiger partial charge in [0.2, 0.25) is 0 Å². The fraction of sp³-hybridized carbons (Fsp3) is 0.375. The zero-order valence-corrected chi connectivity index (χ0v) is 12.1. The van der Waals surface area contributed by atoms with Crippen LogP contribution in [0.2, 0.25) is 0 Å². The molecule has 2 aromatic rings. The monoisotopic (exact) mass is 285 g/mol. The van der Waals surface area contributed by atoms with E-state index < -0.39 is 0 Å². The molecule has 0 saturated carbocycles. The Morgan fingerprint density at radius 1 is 1.38 bits per heavy atom. The highest BCUT2D eigenvalue weighted by Crippen LogP contribution is 2.29. The van der Waals surface area contributed by atoms with E-state index in [-0.39, 0.29) is 0 Å². The number of rotatable bonds is 4. The van der Waals surface area contributed by atoms with Crippen LogP contribution in [0, 0.1) is 6.92 Å². The summed E-state index contributed by atoms with van der Waals surface area (Å²) in [5.41, 5.74) is 2.92. The Balaban J connectivity index is 1.73. The highest BCUT2D eigenvalue weighted by molar-refractivity contribution is 6.02. The third-order valence-corrected chi connectivity index (χ3v) is 3.92. The summed E-state index contributed by atoms with van der Waals surface area (Å²) in [5.74, 6) is 1.88. The molecular formula is C16H19N3O2. The van der Waals surface area contributed by atoms with Crippen LogP contribution in [0.3, 0.4) is 0 Å². The molecule has 3 rings (SSSR count). The van der Waals surface area contributed by atoms with Crippen molar-refractivity contribution < 1.29 is 9.94 Å². The number of oxime groups is 1. The van der Waals surface area contributed by atoms with Crippen molar-refractivity contribution in [2.45, 2.75) is 32.7 Å². The van der Waals surface area contributed by atoms with Crippen molar-refractivity contribution in [3.05, 3.63) is 47.5 Å². The summed E-state index contributed by atoms with van der Waals surface area (Å²) in [6.45, 7) is 3.35. The summed E-state index contributed by atoms with van der Waals surface area (Å²) in [5, 5.41) is 12.5. The summed E-state index contributed by atoms with van der Waals surface area (Å²) >= 11 is 0. The third-order valence-electron chi connectivity index (χ3n) is 3.92. The Morgan fingerprint density at radius 2 is 2.29 bits per heavy atom. The van der Waals surface area contributed by atoms with Crippen LogP contribution in [-0.4, -0.2) is 27.1 Å². The number of hydrogen-bond donors (Lipinski definition) is 1. The Bertz CT molecular complexity index is 661. The van der Waals surface area contributed by atoms with Crippen molar-refractivity contribution in [2.24, 2.45) is 5.16 Å². The summed E-state index contributed by atoms with van der Waals surface area (Å²) in [6.07, 6.45) is 6.53. The molecule has 1 aliphatic carbocycles. The number of aryl methyl sites for hydroxylation is 1. The number of benzene rings is 1. The van der Waals surface area contributed by atoms with Crippen molar-refractivity contribution in [3.8, 4) is 5.75 Å². The standard InChI is InChI=1S/C16H19N3O2/c1-12-17-8-9-19(12)10-11-21-16-7-3-4-13-14(16)5-2-6-15(13)18-20/h3-4,7-9,20H,2,5-6,10-11H2,1H3. The van der Waals surface area contributed by atoms with Crippen LogP contribution in [0.5, 0.6) is 5.75 Å². The minimum absolute atomic E-state index is 0.596. The molecule has 1 N–H and O–H groups in total. The molecule has 0 spiro atoms. The van der Waals surface area contributed by atoms with Crippen LogP contribution >= 0.6 is 0 Å². The van der Waals surface area contributed by atoms with Crippen LogP contribution < -0.4 is 4.74 Å². The normalized spacial score (nSPS) is 16.0. The second kappa shape index (κ2) is 5.99. The quantitative estimate of drug-likeness (QED) is 0.694. The number of nitrogens with zero attached hydrogens (tertiary/aromatic N) is 3. The van der Waals surface area contributed by atoms with E-state index in [1.807, 2.05) is 31.3 Å². The van der Waals surface area contributed by atoms with Crippen LogP contribution in [0.15, 0.2) is 35.7 Å². The number of ether oxygens (including phenoxy) is 1. The van der Waals surface area contributed by atoms with Gasteiger partial charge in [-0.15, -0.1) is 0 Å². The van der Waals surface area contributed by atoms with E-state index in [4.69, 9.17) is 9.94 Å². The van der Waals surface area contributed by atoms with Gasteiger partial charge in [0.15, 0.2) is 0 Å². The molecule has 0 radical (unpaired) electrons. The molecule has 0 saturated heterocycles. The molecule has 5 heteroatoms. The minimum Gasteiger partial charge on any atom is -0.491 e. The predicted octanol–water partition coefficient (Wildman–Crippen LogP) is 2.79. The molecule has 5 nitrogen and oxygen atoms in total. The fourth-order valence-corrected chi connectivity index (χ4v) is 2.79. The molecule has 1 heterocycles. The third kappa shape index (κ3) is 2.77. The molecule has 0 amide bonds. The van der Waals surface area contributed by atoms with Crippen molar-refractivity contribution in [1.82, 2.24) is 9.55 Å². The minimum atomic E-state index is 0.596. The van der Waals surface area contributed by atoms with E-state index in [0.717, 1.165) is 54.2 Å². The highest BCUT2D eigenvalue weighted by Gasteiger charge is 2.19. The summed E-state index contributed by atoms with van der Waals surface area (Å²) in [7, 11) is 0. The first kappa shape index (κ1) is 13.7. The molecular weight excluding hydrogens is 266 g/mol. The van der Waals surface area contributed by atoms with Gasteiger partial charge in [0, 0.05) is 23.5 Å². The van der Waals surface area contributed by atoms with Crippen molar-refractivity contribution in [1.29, 1.82) is 0 Å². The van der Waals surface area contributed by atoms with Gasteiger partial charge >= 0.3 is 0 Å². The Kier molecular flexibility index (Phi) is 3.90. The smallest absolute Gasteiger partial charge is 0.123 e. The van der Waals surface area contributed by atoms with Gasteiger partial charge < -0.3 is 14.5 Å². The van der Waals surface area contributed by atoms with Gasteiger partial charge in [-0.2, -0.15) is 0 Å². The average molecular weight is 285 g/mol. The lowest BCUT2D eigenvalue weighted by molar-refractivity contribution is 0.293. The number of imidazole rings is 1. The van der Waals surface area contributed by atoms with Gasteiger partial charge in [-0.25, -0.2) is 4.98 Å². The molecule has 0 aliphatic heterocycles. The van der Waals surface area contributed by atoms with Crippen LogP contribution in [-0.2, 0) is 13.0 Å². The maximum absolute atomic E-state index is 9.10. The van der Waals surface area contributed by atoms with Gasteiger partial charge in [-0.1, -0.05) is 17.3 Å². The summed E-state index contributed by atoms with van der Waals surface area (Å²) in [4.78, 5) is 4.20. The zero-order chi connectivity index (χ0) is 14.7. The van der Waals surface area contributed by atoms with Crippen LogP contribution in [0.25, 0.3) is 0 Å². The number of fused-ring (bicyclic) bond motifs is 1. The molecule has 1 aromatic carbocycles. The zero-order valence-electron chi connectivity index (χ0n) is 12.1. The van der Waals surface area contributed by atoms with E-state index >= 15 is 0 Å². The first-order valence-electron chi connectivity index (χ1n) is 7.23. The molecule has 110 valence electrons. The van der Waals surface area contributed by atoms with Crippen molar-refractivity contribution >= 4 is 5.71 Å². The van der Waals surface area contributed by atoms with Gasteiger partial charge in [-0.05, 0) is 32.3 Å². The largest absolute Gasteiger partial charge is 0.491 e. The maximum atomic E-state index is 9.10. The average Bonchev–Trinajstić information content (AvgIpc) is 2.92. The molecule has 0 fully saturated rings. The van der Waals surface area contributed by atoms with Crippen molar-refractivity contribution in [3.63, 3.8) is 0 Å². The van der Waals surface area contributed by atoms with E-state index in [2.05, 4.69) is 14.7 Å². The second-order valence-electron chi connectivity index (χ2n) is 5.20. The second-order valence-corrected chi connectivity index (χ2v) is 5.20. The van der Waals surface area contributed by atoms with Gasteiger partial charge in [0.1, 0.15) is 18.2 Å². The van der Waals surface area contributed by atoms with Gasteiger partial charge in [-0.3, -0.25) is 0 Å². The maximum Gasteiger partial charge on any atom is 0.123 e.